The normalized spacial score (nSPS) is 11.1. The summed E-state index contributed by atoms with van der Waals surface area (Å²) in [6.45, 7) is 7.47. The van der Waals surface area contributed by atoms with Gasteiger partial charge in [0, 0.05) is 18.2 Å². The molecule has 4 nitrogen and oxygen atoms in total. The second-order valence-corrected chi connectivity index (χ2v) is 6.23. The average Bonchev–Trinajstić information content (AvgIpc) is 2.89. The Kier molecular flexibility index (Phi) is 5.67. The molecule has 1 aromatic heterocycles. The number of hydrogen-bond donors (Lipinski definition) is 0. The Morgan fingerprint density at radius 1 is 1.29 bits per heavy atom. The summed E-state index contributed by atoms with van der Waals surface area (Å²) >= 11 is 1.73. The number of rotatable bonds is 7. The van der Waals surface area contributed by atoms with Crippen LogP contribution in [0.3, 0.4) is 0 Å². The summed E-state index contributed by atoms with van der Waals surface area (Å²) in [5, 5.41) is 9.71. The maximum atomic E-state index is 5.26. The zero-order chi connectivity index (χ0) is 15.2. The third-order valence-corrected chi connectivity index (χ3v) is 4.25. The van der Waals surface area contributed by atoms with Gasteiger partial charge in [0.05, 0.1) is 7.11 Å². The number of methoxy groups -OCH3 is 1. The van der Waals surface area contributed by atoms with Crippen molar-refractivity contribution in [1.82, 2.24) is 14.8 Å². The van der Waals surface area contributed by atoms with Crippen molar-refractivity contribution in [2.45, 2.75) is 50.6 Å². The monoisotopic (exact) mass is 305 g/mol. The fraction of sp³-hybridized carbons (Fsp3) is 0.500. The summed E-state index contributed by atoms with van der Waals surface area (Å²) in [6.07, 6.45) is 1.09. The van der Waals surface area contributed by atoms with E-state index in [1.54, 1.807) is 18.9 Å². The molecule has 0 aliphatic rings. The van der Waals surface area contributed by atoms with E-state index in [2.05, 4.69) is 47.7 Å². The average molecular weight is 305 g/mol. The molecule has 0 aliphatic carbocycles. The lowest BCUT2D eigenvalue weighted by Crippen LogP contribution is -2.06. The third-order valence-electron chi connectivity index (χ3n) is 3.21. The van der Waals surface area contributed by atoms with Gasteiger partial charge in [0.2, 0.25) is 0 Å². The van der Waals surface area contributed by atoms with Crippen LogP contribution in [0.5, 0.6) is 5.75 Å². The number of ether oxygens (including phenoxy) is 1. The van der Waals surface area contributed by atoms with Gasteiger partial charge in [-0.3, -0.25) is 0 Å². The van der Waals surface area contributed by atoms with E-state index in [1.165, 1.54) is 5.56 Å². The summed E-state index contributed by atoms with van der Waals surface area (Å²) in [5.74, 6) is 3.24. The zero-order valence-corrected chi connectivity index (χ0v) is 14.0. The first-order valence-corrected chi connectivity index (χ1v) is 8.33. The van der Waals surface area contributed by atoms with Gasteiger partial charge < -0.3 is 9.30 Å². The fourth-order valence-electron chi connectivity index (χ4n) is 2.18. The van der Waals surface area contributed by atoms with Gasteiger partial charge in [0.25, 0.3) is 0 Å². The minimum atomic E-state index is 0.398. The summed E-state index contributed by atoms with van der Waals surface area (Å²) in [5.41, 5.74) is 1.23. The standard InChI is InChI=1S/C16H23N3OS/c1-5-9-19-15(12(2)3)17-18-16(19)21-11-13-7-6-8-14(10-13)20-4/h6-8,10,12H,5,9,11H2,1-4H3. The lowest BCUT2D eigenvalue weighted by atomic mass is 10.2. The van der Waals surface area contributed by atoms with E-state index in [4.69, 9.17) is 4.74 Å². The van der Waals surface area contributed by atoms with Crippen LogP contribution >= 0.6 is 11.8 Å². The minimum Gasteiger partial charge on any atom is -0.497 e. The highest BCUT2D eigenvalue weighted by atomic mass is 32.2. The van der Waals surface area contributed by atoms with Crippen molar-refractivity contribution in [1.29, 1.82) is 0 Å². The van der Waals surface area contributed by atoms with Gasteiger partial charge in [-0.15, -0.1) is 10.2 Å². The van der Waals surface area contributed by atoms with Crippen LogP contribution in [0.15, 0.2) is 29.4 Å². The lowest BCUT2D eigenvalue weighted by Gasteiger charge is -2.10. The van der Waals surface area contributed by atoms with Crippen LogP contribution in [0.25, 0.3) is 0 Å². The van der Waals surface area contributed by atoms with Crippen molar-refractivity contribution in [2.75, 3.05) is 7.11 Å². The van der Waals surface area contributed by atoms with Crippen molar-refractivity contribution in [3.8, 4) is 5.75 Å². The smallest absolute Gasteiger partial charge is 0.191 e. The van der Waals surface area contributed by atoms with E-state index in [-0.39, 0.29) is 0 Å². The quantitative estimate of drug-likeness (QED) is 0.722. The molecule has 21 heavy (non-hydrogen) atoms. The van der Waals surface area contributed by atoms with Crippen LogP contribution in [0.4, 0.5) is 0 Å². The molecule has 0 bridgehead atoms. The Labute approximate surface area is 130 Å². The van der Waals surface area contributed by atoms with Crippen LogP contribution in [-0.2, 0) is 12.3 Å². The van der Waals surface area contributed by atoms with Crippen LogP contribution < -0.4 is 4.74 Å². The topological polar surface area (TPSA) is 39.9 Å². The summed E-state index contributed by atoms with van der Waals surface area (Å²) in [7, 11) is 1.69. The molecule has 0 atom stereocenters. The number of hydrogen-bond acceptors (Lipinski definition) is 4. The van der Waals surface area contributed by atoms with Gasteiger partial charge in [-0.05, 0) is 24.1 Å². The van der Waals surface area contributed by atoms with Crippen LogP contribution in [0.1, 0.15) is 44.5 Å². The Bertz CT molecular complexity index is 581. The minimum absolute atomic E-state index is 0.398. The highest BCUT2D eigenvalue weighted by molar-refractivity contribution is 7.98. The molecule has 114 valence electrons. The maximum Gasteiger partial charge on any atom is 0.191 e. The second-order valence-electron chi connectivity index (χ2n) is 5.29. The fourth-order valence-corrected chi connectivity index (χ4v) is 3.09. The van der Waals surface area contributed by atoms with Crippen molar-refractivity contribution in [2.24, 2.45) is 0 Å². The molecule has 2 rings (SSSR count). The van der Waals surface area contributed by atoms with E-state index in [1.807, 2.05) is 12.1 Å². The molecule has 2 aromatic rings. The van der Waals surface area contributed by atoms with E-state index < -0.39 is 0 Å². The molecule has 0 fully saturated rings. The van der Waals surface area contributed by atoms with Gasteiger partial charge in [-0.1, -0.05) is 44.7 Å². The SMILES string of the molecule is CCCn1c(SCc2cccc(OC)c2)nnc1C(C)C. The number of benzene rings is 1. The first kappa shape index (κ1) is 15.9. The van der Waals surface area contributed by atoms with Gasteiger partial charge in [-0.25, -0.2) is 0 Å². The van der Waals surface area contributed by atoms with Gasteiger partial charge >= 0.3 is 0 Å². The molecular weight excluding hydrogens is 282 g/mol. The largest absolute Gasteiger partial charge is 0.497 e. The molecule has 0 radical (unpaired) electrons. The molecule has 0 spiro atoms. The molecule has 1 heterocycles. The second kappa shape index (κ2) is 7.50. The van der Waals surface area contributed by atoms with Crippen molar-refractivity contribution in [3.05, 3.63) is 35.7 Å². The predicted molar refractivity (Wildman–Crippen MR) is 87.0 cm³/mol. The summed E-state index contributed by atoms with van der Waals surface area (Å²) in [4.78, 5) is 0. The van der Waals surface area contributed by atoms with Gasteiger partial charge in [0.15, 0.2) is 5.16 Å². The molecule has 0 N–H and O–H groups in total. The third kappa shape index (κ3) is 4.00. The number of thioether (sulfide) groups is 1. The highest BCUT2D eigenvalue weighted by Crippen LogP contribution is 2.26. The maximum absolute atomic E-state index is 5.26. The Hall–Kier alpha value is -1.49. The number of aromatic nitrogens is 3. The Morgan fingerprint density at radius 3 is 2.76 bits per heavy atom. The molecule has 0 aliphatic heterocycles. The van der Waals surface area contributed by atoms with Crippen molar-refractivity contribution >= 4 is 11.8 Å². The molecule has 0 saturated carbocycles. The Morgan fingerprint density at radius 2 is 2.10 bits per heavy atom. The van der Waals surface area contributed by atoms with Crippen LogP contribution in [0, 0.1) is 0 Å². The van der Waals surface area contributed by atoms with Crippen LogP contribution in [0.2, 0.25) is 0 Å². The molecule has 1 aromatic carbocycles. The van der Waals surface area contributed by atoms with Crippen molar-refractivity contribution in [3.63, 3.8) is 0 Å². The highest BCUT2D eigenvalue weighted by Gasteiger charge is 2.14. The summed E-state index contributed by atoms with van der Waals surface area (Å²) in [6, 6.07) is 8.16. The van der Waals surface area contributed by atoms with Gasteiger partial charge in [0.1, 0.15) is 11.6 Å². The van der Waals surface area contributed by atoms with Gasteiger partial charge in [-0.2, -0.15) is 0 Å². The Balaban J connectivity index is 2.12. The molecule has 0 amide bonds. The first-order valence-electron chi connectivity index (χ1n) is 7.34. The molecule has 5 heteroatoms. The predicted octanol–water partition coefficient (Wildman–Crippen LogP) is 4.11. The molecule has 0 saturated heterocycles. The molecule has 0 unspecified atom stereocenters. The van der Waals surface area contributed by atoms with E-state index in [0.29, 0.717) is 5.92 Å². The van der Waals surface area contributed by atoms with Crippen LogP contribution in [-0.4, -0.2) is 21.9 Å². The van der Waals surface area contributed by atoms with E-state index in [0.717, 1.165) is 35.4 Å². The van der Waals surface area contributed by atoms with E-state index >= 15 is 0 Å². The zero-order valence-electron chi connectivity index (χ0n) is 13.2. The van der Waals surface area contributed by atoms with Crippen molar-refractivity contribution < 1.29 is 4.74 Å². The van der Waals surface area contributed by atoms with E-state index in [9.17, 15) is 0 Å². The lowest BCUT2D eigenvalue weighted by molar-refractivity contribution is 0.414. The first-order chi connectivity index (χ1) is 10.2. The number of nitrogens with zero attached hydrogens (tertiary/aromatic N) is 3. The summed E-state index contributed by atoms with van der Waals surface area (Å²) < 4.78 is 7.51. The molecular formula is C16H23N3OS.